The molecule has 1 aromatic heterocycles. The highest BCUT2D eigenvalue weighted by Gasteiger charge is 2.33. The van der Waals surface area contributed by atoms with Crippen LogP contribution in [0.4, 0.5) is 19.0 Å². The standard InChI is InChI=1S/C16H15F3N4O3/c1-22-13(11(7-20)14(24)23(2)15(22)25)21-8-9-4-5-10(26-3)6-12(9)16(17,18)19/h4-6,21H,8H2,1-3H3. The maximum Gasteiger partial charge on any atom is 0.416 e. The number of rotatable bonds is 4. The van der Waals surface area contributed by atoms with Crippen molar-refractivity contribution in [3.63, 3.8) is 0 Å². The van der Waals surface area contributed by atoms with E-state index < -0.39 is 23.0 Å². The Balaban J connectivity index is 2.50. The number of ether oxygens (including phenoxy) is 1. The van der Waals surface area contributed by atoms with Crippen LogP contribution in [0.15, 0.2) is 27.8 Å². The lowest BCUT2D eigenvalue weighted by Gasteiger charge is -2.17. The summed E-state index contributed by atoms with van der Waals surface area (Å²) in [7, 11) is 3.77. The normalized spacial score (nSPS) is 11.1. The zero-order chi connectivity index (χ0) is 19.6. The first-order valence-electron chi connectivity index (χ1n) is 7.30. The summed E-state index contributed by atoms with van der Waals surface area (Å²) in [4.78, 5) is 24.0. The third-order valence-corrected chi connectivity index (χ3v) is 3.85. The molecule has 0 radical (unpaired) electrons. The van der Waals surface area contributed by atoms with Crippen molar-refractivity contribution in [2.75, 3.05) is 12.4 Å². The number of anilines is 1. The molecule has 2 aromatic rings. The van der Waals surface area contributed by atoms with Crippen molar-refractivity contribution in [3.8, 4) is 11.8 Å². The fourth-order valence-corrected chi connectivity index (χ4v) is 2.43. The molecule has 0 unspecified atom stereocenters. The highest BCUT2D eigenvalue weighted by molar-refractivity contribution is 5.52. The molecule has 0 fully saturated rings. The first-order chi connectivity index (χ1) is 12.1. The zero-order valence-corrected chi connectivity index (χ0v) is 14.1. The maximum atomic E-state index is 13.3. The number of halogens is 3. The van der Waals surface area contributed by atoms with Crippen molar-refractivity contribution in [1.29, 1.82) is 5.26 Å². The van der Waals surface area contributed by atoms with E-state index >= 15 is 0 Å². The van der Waals surface area contributed by atoms with E-state index in [2.05, 4.69) is 5.32 Å². The van der Waals surface area contributed by atoms with Crippen LogP contribution in [0.2, 0.25) is 0 Å². The molecule has 1 heterocycles. The summed E-state index contributed by atoms with van der Waals surface area (Å²) < 4.78 is 46.3. The minimum Gasteiger partial charge on any atom is -0.497 e. The van der Waals surface area contributed by atoms with E-state index in [1.165, 1.54) is 33.3 Å². The second kappa shape index (κ2) is 6.95. The summed E-state index contributed by atoms with van der Waals surface area (Å²) >= 11 is 0. The molecule has 0 saturated heterocycles. The number of nitrogens with zero attached hydrogens (tertiary/aromatic N) is 3. The van der Waals surface area contributed by atoms with E-state index in [4.69, 9.17) is 4.74 Å². The van der Waals surface area contributed by atoms with Crippen molar-refractivity contribution >= 4 is 5.82 Å². The molecule has 0 bridgehead atoms. The van der Waals surface area contributed by atoms with E-state index in [0.29, 0.717) is 0 Å². The molecule has 2 rings (SSSR count). The van der Waals surface area contributed by atoms with Gasteiger partial charge in [0.1, 0.15) is 17.6 Å². The van der Waals surface area contributed by atoms with Gasteiger partial charge in [0.05, 0.1) is 12.7 Å². The number of benzene rings is 1. The molecule has 0 saturated carbocycles. The fourth-order valence-electron chi connectivity index (χ4n) is 2.43. The predicted molar refractivity (Wildman–Crippen MR) is 87.0 cm³/mol. The minimum absolute atomic E-state index is 0.0415. The largest absolute Gasteiger partial charge is 0.497 e. The molecule has 7 nitrogen and oxygen atoms in total. The molecule has 0 atom stereocenters. The molecular weight excluding hydrogens is 353 g/mol. The molecule has 1 N–H and O–H groups in total. The smallest absolute Gasteiger partial charge is 0.416 e. The Kier molecular flexibility index (Phi) is 5.11. The third-order valence-electron chi connectivity index (χ3n) is 3.85. The lowest BCUT2D eigenvalue weighted by atomic mass is 10.1. The monoisotopic (exact) mass is 368 g/mol. The molecule has 26 heavy (non-hydrogen) atoms. The summed E-state index contributed by atoms with van der Waals surface area (Å²) in [6.07, 6.45) is -4.62. The molecular formula is C16H15F3N4O3. The van der Waals surface area contributed by atoms with Crippen LogP contribution in [-0.4, -0.2) is 16.2 Å². The average molecular weight is 368 g/mol. The summed E-state index contributed by atoms with van der Waals surface area (Å²) in [5.41, 5.74) is -2.95. The van der Waals surface area contributed by atoms with Crippen LogP contribution in [-0.2, 0) is 26.8 Å². The summed E-state index contributed by atoms with van der Waals surface area (Å²) in [6.45, 7) is -0.353. The van der Waals surface area contributed by atoms with Gasteiger partial charge >= 0.3 is 11.9 Å². The molecule has 10 heteroatoms. The van der Waals surface area contributed by atoms with Crippen molar-refractivity contribution in [3.05, 3.63) is 55.7 Å². The van der Waals surface area contributed by atoms with Gasteiger partial charge in [-0.1, -0.05) is 6.07 Å². The molecule has 1 aromatic carbocycles. The molecule has 0 amide bonds. The second-order valence-corrected chi connectivity index (χ2v) is 5.42. The van der Waals surface area contributed by atoms with Gasteiger partial charge in [0.2, 0.25) is 0 Å². The predicted octanol–water partition coefficient (Wildman–Crippen LogP) is 1.60. The average Bonchev–Trinajstić information content (AvgIpc) is 2.60. The Hall–Kier alpha value is -3.22. The Morgan fingerprint density at radius 2 is 1.88 bits per heavy atom. The van der Waals surface area contributed by atoms with Crippen LogP contribution in [0, 0.1) is 11.3 Å². The number of nitrogens with one attached hydrogen (secondary N) is 1. The quantitative estimate of drug-likeness (QED) is 0.885. The molecule has 0 aliphatic heterocycles. The first-order valence-corrected chi connectivity index (χ1v) is 7.30. The molecule has 0 spiro atoms. The number of aromatic nitrogens is 2. The molecule has 0 aliphatic rings. The van der Waals surface area contributed by atoms with Gasteiger partial charge in [0, 0.05) is 20.6 Å². The minimum atomic E-state index is -4.62. The third kappa shape index (κ3) is 3.42. The van der Waals surface area contributed by atoms with Gasteiger partial charge in [-0.2, -0.15) is 18.4 Å². The van der Waals surface area contributed by atoms with Crippen LogP contribution in [0.3, 0.4) is 0 Å². The zero-order valence-electron chi connectivity index (χ0n) is 14.1. The maximum absolute atomic E-state index is 13.3. The van der Waals surface area contributed by atoms with Gasteiger partial charge in [0.25, 0.3) is 5.56 Å². The van der Waals surface area contributed by atoms with E-state index in [0.717, 1.165) is 15.2 Å². The SMILES string of the molecule is COc1ccc(CNc2c(C#N)c(=O)n(C)c(=O)n2C)c(C(F)(F)F)c1. The van der Waals surface area contributed by atoms with Gasteiger partial charge in [0.15, 0.2) is 5.56 Å². The number of nitriles is 1. The number of alkyl halides is 3. The summed E-state index contributed by atoms with van der Waals surface area (Å²) in [5, 5.41) is 11.8. The van der Waals surface area contributed by atoms with Crippen LogP contribution < -0.4 is 21.3 Å². The Labute approximate surface area is 145 Å². The number of methoxy groups -OCH3 is 1. The summed E-state index contributed by atoms with van der Waals surface area (Å²) in [5.74, 6) is -0.107. The van der Waals surface area contributed by atoms with Crippen LogP contribution in [0.5, 0.6) is 5.75 Å². The van der Waals surface area contributed by atoms with Gasteiger partial charge in [-0.05, 0) is 17.7 Å². The lowest BCUT2D eigenvalue weighted by Crippen LogP contribution is -2.39. The van der Waals surface area contributed by atoms with Gasteiger partial charge in [-0.25, -0.2) is 4.79 Å². The van der Waals surface area contributed by atoms with Crippen molar-refractivity contribution < 1.29 is 17.9 Å². The van der Waals surface area contributed by atoms with Crippen LogP contribution >= 0.6 is 0 Å². The Morgan fingerprint density at radius 1 is 1.23 bits per heavy atom. The number of hydrogen-bond donors (Lipinski definition) is 1. The van der Waals surface area contributed by atoms with Gasteiger partial charge < -0.3 is 10.1 Å². The summed E-state index contributed by atoms with van der Waals surface area (Å²) in [6, 6.07) is 5.11. The Bertz CT molecular complexity index is 1000. The highest BCUT2D eigenvalue weighted by atomic mass is 19.4. The van der Waals surface area contributed by atoms with Gasteiger partial charge in [-0.3, -0.25) is 13.9 Å². The lowest BCUT2D eigenvalue weighted by molar-refractivity contribution is -0.138. The number of hydrogen-bond acceptors (Lipinski definition) is 5. The second-order valence-electron chi connectivity index (χ2n) is 5.42. The van der Waals surface area contributed by atoms with Crippen LogP contribution in [0.1, 0.15) is 16.7 Å². The van der Waals surface area contributed by atoms with Crippen molar-refractivity contribution in [1.82, 2.24) is 9.13 Å². The van der Waals surface area contributed by atoms with E-state index in [-0.39, 0.29) is 29.2 Å². The topological polar surface area (TPSA) is 89.1 Å². The first kappa shape index (κ1) is 19.1. The van der Waals surface area contributed by atoms with Crippen molar-refractivity contribution in [2.24, 2.45) is 14.1 Å². The van der Waals surface area contributed by atoms with E-state index in [1.54, 1.807) is 6.07 Å². The van der Waals surface area contributed by atoms with E-state index in [1.807, 2.05) is 0 Å². The van der Waals surface area contributed by atoms with E-state index in [9.17, 15) is 28.0 Å². The highest BCUT2D eigenvalue weighted by Crippen LogP contribution is 2.34. The molecule has 138 valence electrons. The van der Waals surface area contributed by atoms with Gasteiger partial charge in [-0.15, -0.1) is 0 Å². The fraction of sp³-hybridized carbons (Fsp3) is 0.312. The molecule has 0 aliphatic carbocycles. The van der Waals surface area contributed by atoms with Crippen molar-refractivity contribution in [2.45, 2.75) is 12.7 Å². The van der Waals surface area contributed by atoms with Crippen LogP contribution in [0.25, 0.3) is 0 Å². The Morgan fingerprint density at radius 3 is 2.42 bits per heavy atom.